The zero-order valence-electron chi connectivity index (χ0n) is 14.5. The first-order valence-corrected chi connectivity index (χ1v) is 8.79. The van der Waals surface area contributed by atoms with Gasteiger partial charge in [0.1, 0.15) is 0 Å². The van der Waals surface area contributed by atoms with Crippen molar-refractivity contribution in [2.75, 3.05) is 0 Å². The Balaban J connectivity index is 2.03. The number of rotatable bonds is 9. The number of amides is 1. The molecule has 0 spiro atoms. The molecule has 27 heavy (non-hydrogen) atoms. The van der Waals surface area contributed by atoms with E-state index in [1.807, 2.05) is 36.4 Å². The number of halogens is 1. The van der Waals surface area contributed by atoms with E-state index in [0.717, 1.165) is 16.7 Å². The average Bonchev–Trinajstić information content (AvgIpc) is 2.61. The highest BCUT2D eigenvalue weighted by molar-refractivity contribution is 6.30. The zero-order valence-corrected chi connectivity index (χ0v) is 15.3. The van der Waals surface area contributed by atoms with Gasteiger partial charge in [-0.3, -0.25) is 14.4 Å². The molecule has 0 saturated heterocycles. The summed E-state index contributed by atoms with van der Waals surface area (Å²) in [6.45, 7) is 0. The third-order valence-corrected chi connectivity index (χ3v) is 4.22. The largest absolute Gasteiger partial charge is 0.481 e. The van der Waals surface area contributed by atoms with Crippen LogP contribution in [0.3, 0.4) is 0 Å². The molecule has 0 aromatic heterocycles. The van der Waals surface area contributed by atoms with Crippen LogP contribution in [0.4, 0.5) is 0 Å². The average molecular weight is 390 g/mol. The summed E-state index contributed by atoms with van der Waals surface area (Å²) in [5, 5.41) is 20.9. The molecule has 3 N–H and O–H groups in total. The Labute approximate surface area is 161 Å². The van der Waals surface area contributed by atoms with Crippen molar-refractivity contribution in [3.8, 4) is 11.1 Å². The van der Waals surface area contributed by atoms with Gasteiger partial charge in [-0.05, 0) is 35.2 Å². The molecule has 1 amide bonds. The highest BCUT2D eigenvalue weighted by atomic mass is 35.5. The summed E-state index contributed by atoms with van der Waals surface area (Å²) in [6.07, 6.45) is -0.369. The molecular formula is C20H20ClNO5. The summed E-state index contributed by atoms with van der Waals surface area (Å²) in [6, 6.07) is 14.4. The van der Waals surface area contributed by atoms with Gasteiger partial charge < -0.3 is 15.5 Å². The fraction of sp³-hybridized carbons (Fsp3) is 0.250. The fourth-order valence-electron chi connectivity index (χ4n) is 2.67. The monoisotopic (exact) mass is 389 g/mol. The van der Waals surface area contributed by atoms with Gasteiger partial charge in [0.15, 0.2) is 0 Å². The summed E-state index contributed by atoms with van der Waals surface area (Å²) >= 11 is 5.89. The lowest BCUT2D eigenvalue weighted by molar-refractivity contribution is -0.140. The van der Waals surface area contributed by atoms with Crippen LogP contribution in [-0.2, 0) is 20.8 Å². The molecule has 0 aliphatic rings. The van der Waals surface area contributed by atoms with Gasteiger partial charge in [0.25, 0.3) is 0 Å². The molecular weight excluding hydrogens is 370 g/mol. The van der Waals surface area contributed by atoms with Crippen LogP contribution in [-0.4, -0.2) is 34.1 Å². The quantitative estimate of drug-likeness (QED) is 0.610. The fourth-order valence-corrected chi connectivity index (χ4v) is 2.79. The van der Waals surface area contributed by atoms with Crippen LogP contribution in [0.15, 0.2) is 48.5 Å². The summed E-state index contributed by atoms with van der Waals surface area (Å²) < 4.78 is 0. The normalized spacial score (nSPS) is 11.6. The van der Waals surface area contributed by atoms with E-state index >= 15 is 0 Å². The zero-order chi connectivity index (χ0) is 19.8. The van der Waals surface area contributed by atoms with Gasteiger partial charge in [0, 0.05) is 17.5 Å². The van der Waals surface area contributed by atoms with Gasteiger partial charge in [-0.1, -0.05) is 48.0 Å². The molecule has 0 saturated carbocycles. The van der Waals surface area contributed by atoms with Gasteiger partial charge >= 0.3 is 11.9 Å². The van der Waals surface area contributed by atoms with E-state index in [-0.39, 0.29) is 19.3 Å². The number of hydrogen-bond acceptors (Lipinski definition) is 3. The molecule has 2 aromatic carbocycles. The Morgan fingerprint density at radius 1 is 0.852 bits per heavy atom. The van der Waals surface area contributed by atoms with Gasteiger partial charge in [-0.25, -0.2) is 0 Å². The maximum atomic E-state index is 11.8. The number of hydrogen-bond donors (Lipinski definition) is 3. The predicted molar refractivity (Wildman–Crippen MR) is 102 cm³/mol. The molecule has 6 nitrogen and oxygen atoms in total. The molecule has 142 valence electrons. The van der Waals surface area contributed by atoms with Crippen molar-refractivity contribution in [3.63, 3.8) is 0 Å². The minimum absolute atomic E-state index is 0.180. The third-order valence-electron chi connectivity index (χ3n) is 3.97. The lowest BCUT2D eigenvalue weighted by Gasteiger charge is -2.17. The van der Waals surface area contributed by atoms with Crippen LogP contribution in [0.25, 0.3) is 11.1 Å². The Morgan fingerprint density at radius 2 is 1.41 bits per heavy atom. The van der Waals surface area contributed by atoms with E-state index < -0.39 is 23.9 Å². The molecule has 0 bridgehead atoms. The second-order valence-corrected chi connectivity index (χ2v) is 6.60. The van der Waals surface area contributed by atoms with Crippen molar-refractivity contribution in [2.24, 2.45) is 0 Å². The van der Waals surface area contributed by atoms with E-state index in [1.165, 1.54) is 0 Å². The van der Waals surface area contributed by atoms with Crippen LogP contribution in [0.2, 0.25) is 5.02 Å². The van der Waals surface area contributed by atoms with Gasteiger partial charge in [0.05, 0.1) is 12.8 Å². The molecule has 0 aliphatic carbocycles. The molecule has 0 aliphatic heterocycles. The predicted octanol–water partition coefficient (Wildman–Crippen LogP) is 3.37. The molecule has 0 fully saturated rings. The van der Waals surface area contributed by atoms with Gasteiger partial charge in [0.2, 0.25) is 5.91 Å². The summed E-state index contributed by atoms with van der Waals surface area (Å²) in [7, 11) is 0. The van der Waals surface area contributed by atoms with Crippen LogP contribution >= 0.6 is 11.6 Å². The maximum Gasteiger partial charge on any atom is 0.305 e. The summed E-state index contributed by atoms with van der Waals surface area (Å²) in [5.41, 5.74) is 2.88. The van der Waals surface area contributed by atoms with Gasteiger partial charge in [-0.2, -0.15) is 0 Å². The van der Waals surface area contributed by atoms with Crippen LogP contribution in [0.5, 0.6) is 0 Å². The van der Waals surface area contributed by atoms with Crippen LogP contribution in [0.1, 0.15) is 24.8 Å². The molecule has 0 heterocycles. The Kier molecular flexibility index (Phi) is 7.37. The Bertz CT molecular complexity index is 802. The second kappa shape index (κ2) is 9.73. The van der Waals surface area contributed by atoms with Crippen molar-refractivity contribution in [2.45, 2.75) is 31.7 Å². The standard InChI is InChI=1S/C20H20ClNO5/c21-16-7-5-15(6-8-16)14-3-1-13(2-4-14)11-17(12-20(26)27)22-18(23)9-10-19(24)25/h1-8,17H,9-12H2,(H,22,23)(H,24,25)(H,26,27). The van der Waals surface area contributed by atoms with E-state index in [9.17, 15) is 14.4 Å². The first-order chi connectivity index (χ1) is 12.8. The first-order valence-electron chi connectivity index (χ1n) is 8.41. The SMILES string of the molecule is O=C(O)CCC(=O)NC(CC(=O)O)Cc1ccc(-c2ccc(Cl)cc2)cc1. The summed E-state index contributed by atoms with van der Waals surface area (Å²) in [4.78, 5) is 33.4. The number of carboxylic acids is 2. The number of benzene rings is 2. The molecule has 1 unspecified atom stereocenters. The molecule has 2 rings (SSSR count). The maximum absolute atomic E-state index is 11.8. The Morgan fingerprint density at radius 3 is 1.93 bits per heavy atom. The molecule has 1 atom stereocenters. The molecule has 7 heteroatoms. The highest BCUT2D eigenvalue weighted by Gasteiger charge is 2.17. The van der Waals surface area contributed by atoms with Crippen molar-refractivity contribution in [1.29, 1.82) is 0 Å². The number of carbonyl (C=O) groups is 3. The van der Waals surface area contributed by atoms with Crippen molar-refractivity contribution < 1.29 is 24.6 Å². The number of carbonyl (C=O) groups excluding carboxylic acids is 1. The second-order valence-electron chi connectivity index (χ2n) is 6.16. The first kappa shape index (κ1) is 20.5. The smallest absolute Gasteiger partial charge is 0.305 e. The minimum atomic E-state index is -1.07. The molecule has 2 aromatic rings. The van der Waals surface area contributed by atoms with Crippen LogP contribution in [0, 0.1) is 0 Å². The van der Waals surface area contributed by atoms with Gasteiger partial charge in [-0.15, -0.1) is 0 Å². The minimum Gasteiger partial charge on any atom is -0.481 e. The number of carboxylic acid groups (broad SMARTS) is 2. The number of aliphatic carboxylic acids is 2. The summed E-state index contributed by atoms with van der Waals surface area (Å²) in [5.74, 6) is -2.57. The highest BCUT2D eigenvalue weighted by Crippen LogP contribution is 2.22. The van der Waals surface area contributed by atoms with Crippen molar-refractivity contribution >= 4 is 29.4 Å². The van der Waals surface area contributed by atoms with E-state index in [0.29, 0.717) is 11.4 Å². The molecule has 0 radical (unpaired) electrons. The lowest BCUT2D eigenvalue weighted by Crippen LogP contribution is -2.38. The third kappa shape index (κ3) is 7.11. The number of nitrogens with one attached hydrogen (secondary N) is 1. The van der Waals surface area contributed by atoms with E-state index in [1.54, 1.807) is 12.1 Å². The van der Waals surface area contributed by atoms with Crippen molar-refractivity contribution in [3.05, 3.63) is 59.1 Å². The van der Waals surface area contributed by atoms with Crippen LogP contribution < -0.4 is 5.32 Å². The lowest BCUT2D eigenvalue weighted by atomic mass is 9.99. The topological polar surface area (TPSA) is 104 Å². The van der Waals surface area contributed by atoms with Crippen molar-refractivity contribution in [1.82, 2.24) is 5.32 Å². The van der Waals surface area contributed by atoms with E-state index in [4.69, 9.17) is 21.8 Å². The Hall–Kier alpha value is -2.86. The van der Waals surface area contributed by atoms with E-state index in [2.05, 4.69) is 5.32 Å².